The Morgan fingerprint density at radius 2 is 2.00 bits per heavy atom. The molecule has 1 aromatic carbocycles. The summed E-state index contributed by atoms with van der Waals surface area (Å²) in [5.74, 6) is 0.782. The molecule has 0 aliphatic rings. The quantitative estimate of drug-likeness (QED) is 0.492. The lowest BCUT2D eigenvalue weighted by molar-refractivity contribution is -0.383. The number of halogens is 1. The first-order valence-corrected chi connectivity index (χ1v) is 8.20. The molecule has 2 heterocycles. The van der Waals surface area contributed by atoms with E-state index in [2.05, 4.69) is 25.6 Å². The van der Waals surface area contributed by atoms with E-state index in [1.54, 1.807) is 12.3 Å². The lowest BCUT2D eigenvalue weighted by atomic mass is 10.2. The third-order valence-corrected chi connectivity index (χ3v) is 3.64. The van der Waals surface area contributed by atoms with E-state index in [0.29, 0.717) is 34.7 Å². The van der Waals surface area contributed by atoms with Gasteiger partial charge in [0, 0.05) is 29.9 Å². The highest BCUT2D eigenvalue weighted by Gasteiger charge is 2.16. The summed E-state index contributed by atoms with van der Waals surface area (Å²) in [6.07, 6.45) is 1.67. The third kappa shape index (κ3) is 4.04. The molecule has 2 N–H and O–H groups in total. The van der Waals surface area contributed by atoms with Crippen molar-refractivity contribution in [1.29, 1.82) is 0 Å². The zero-order chi connectivity index (χ0) is 18.5. The Labute approximate surface area is 154 Å². The molecule has 0 atom stereocenters. The van der Waals surface area contributed by atoms with Gasteiger partial charge in [0.2, 0.25) is 5.95 Å². The van der Waals surface area contributed by atoms with Crippen LogP contribution in [0.25, 0.3) is 11.4 Å². The summed E-state index contributed by atoms with van der Waals surface area (Å²) in [7, 11) is 0. The second kappa shape index (κ2) is 7.75. The number of anilines is 3. The summed E-state index contributed by atoms with van der Waals surface area (Å²) in [4.78, 5) is 23.8. The van der Waals surface area contributed by atoms with E-state index >= 15 is 0 Å². The van der Waals surface area contributed by atoms with Crippen molar-refractivity contribution in [2.24, 2.45) is 0 Å². The Balaban J connectivity index is 2.04. The standard InChI is InChI=1S/C17H15ClN6O2/c1-2-19-17-22-13(12-5-3-4-8-20-12)10-16(23-17)21-14-9-11(18)6-7-15(14)24(25)26/h3-10H,2H2,1H3,(H2,19,21,22,23). The van der Waals surface area contributed by atoms with Gasteiger partial charge >= 0.3 is 0 Å². The van der Waals surface area contributed by atoms with Crippen LogP contribution in [0.4, 0.5) is 23.1 Å². The van der Waals surface area contributed by atoms with Crippen molar-refractivity contribution in [3.63, 3.8) is 0 Å². The summed E-state index contributed by atoms with van der Waals surface area (Å²) in [6.45, 7) is 2.55. The van der Waals surface area contributed by atoms with Crippen LogP contribution in [-0.2, 0) is 0 Å². The van der Waals surface area contributed by atoms with Gasteiger partial charge < -0.3 is 10.6 Å². The van der Waals surface area contributed by atoms with E-state index in [1.807, 2.05) is 25.1 Å². The number of hydrogen-bond acceptors (Lipinski definition) is 7. The normalized spacial score (nSPS) is 10.4. The Hall–Kier alpha value is -3.26. The van der Waals surface area contributed by atoms with E-state index in [9.17, 15) is 10.1 Å². The second-order valence-electron chi connectivity index (χ2n) is 5.25. The van der Waals surface area contributed by atoms with Crippen LogP contribution in [0.3, 0.4) is 0 Å². The van der Waals surface area contributed by atoms with Crippen LogP contribution in [0.5, 0.6) is 0 Å². The van der Waals surface area contributed by atoms with Gasteiger partial charge in [-0.1, -0.05) is 17.7 Å². The Kier molecular flexibility index (Phi) is 5.23. The van der Waals surface area contributed by atoms with Gasteiger partial charge in [-0.05, 0) is 31.2 Å². The van der Waals surface area contributed by atoms with Crippen molar-refractivity contribution >= 4 is 34.7 Å². The molecule has 0 saturated heterocycles. The van der Waals surface area contributed by atoms with E-state index < -0.39 is 4.92 Å². The highest BCUT2D eigenvalue weighted by molar-refractivity contribution is 6.31. The number of aromatic nitrogens is 3. The molecule has 3 rings (SSSR count). The van der Waals surface area contributed by atoms with E-state index in [-0.39, 0.29) is 11.4 Å². The number of nitro groups is 1. The van der Waals surface area contributed by atoms with E-state index in [1.165, 1.54) is 18.2 Å². The van der Waals surface area contributed by atoms with Gasteiger partial charge in [-0.3, -0.25) is 15.1 Å². The van der Waals surface area contributed by atoms with Crippen LogP contribution in [0.1, 0.15) is 6.92 Å². The Morgan fingerprint density at radius 3 is 2.69 bits per heavy atom. The average Bonchev–Trinajstić information content (AvgIpc) is 2.62. The largest absolute Gasteiger partial charge is 0.354 e. The number of nitrogens with one attached hydrogen (secondary N) is 2. The third-order valence-electron chi connectivity index (χ3n) is 3.41. The molecule has 9 heteroatoms. The first-order chi connectivity index (χ1) is 12.6. The first-order valence-electron chi connectivity index (χ1n) is 7.82. The van der Waals surface area contributed by atoms with Gasteiger partial charge in [-0.25, -0.2) is 4.98 Å². The van der Waals surface area contributed by atoms with Crippen molar-refractivity contribution < 1.29 is 4.92 Å². The van der Waals surface area contributed by atoms with Crippen LogP contribution in [0, 0.1) is 10.1 Å². The number of hydrogen-bond donors (Lipinski definition) is 2. The molecular weight excluding hydrogens is 356 g/mol. The van der Waals surface area contributed by atoms with Gasteiger partial charge in [0.05, 0.1) is 16.3 Å². The number of nitrogens with zero attached hydrogens (tertiary/aromatic N) is 4. The molecule has 132 valence electrons. The van der Waals surface area contributed by atoms with Gasteiger partial charge in [0.1, 0.15) is 11.5 Å². The number of nitro benzene ring substituents is 1. The van der Waals surface area contributed by atoms with Crippen molar-refractivity contribution in [3.05, 3.63) is 63.8 Å². The monoisotopic (exact) mass is 370 g/mol. The molecule has 0 aliphatic heterocycles. The van der Waals surface area contributed by atoms with Gasteiger partial charge in [0.25, 0.3) is 5.69 Å². The molecule has 0 amide bonds. The number of rotatable bonds is 6. The minimum absolute atomic E-state index is 0.0996. The van der Waals surface area contributed by atoms with Crippen molar-refractivity contribution in [2.45, 2.75) is 6.92 Å². The smallest absolute Gasteiger partial charge is 0.292 e. The van der Waals surface area contributed by atoms with Crippen LogP contribution in [0.2, 0.25) is 5.02 Å². The van der Waals surface area contributed by atoms with E-state index in [0.717, 1.165) is 0 Å². The zero-order valence-corrected chi connectivity index (χ0v) is 14.6. The molecular formula is C17H15ClN6O2. The summed E-state index contributed by atoms with van der Waals surface area (Å²) in [6, 6.07) is 11.5. The van der Waals surface area contributed by atoms with Gasteiger partial charge in [-0.2, -0.15) is 4.98 Å². The molecule has 0 aliphatic carbocycles. The van der Waals surface area contributed by atoms with Crippen molar-refractivity contribution in [1.82, 2.24) is 15.0 Å². The maximum Gasteiger partial charge on any atom is 0.292 e. The highest BCUT2D eigenvalue weighted by Crippen LogP contribution is 2.31. The summed E-state index contributed by atoms with van der Waals surface area (Å²) >= 11 is 5.98. The predicted octanol–water partition coefficient (Wildman–Crippen LogP) is 4.28. The lowest BCUT2D eigenvalue weighted by Gasteiger charge is -2.11. The van der Waals surface area contributed by atoms with Gasteiger partial charge in [-0.15, -0.1) is 0 Å². The highest BCUT2D eigenvalue weighted by atomic mass is 35.5. The summed E-state index contributed by atoms with van der Waals surface area (Å²) in [5, 5.41) is 17.6. The fraction of sp³-hybridized carbons (Fsp3) is 0.118. The maximum absolute atomic E-state index is 11.2. The zero-order valence-electron chi connectivity index (χ0n) is 13.8. The topological polar surface area (TPSA) is 106 Å². The van der Waals surface area contributed by atoms with Crippen molar-refractivity contribution in [2.75, 3.05) is 17.2 Å². The summed E-state index contributed by atoms with van der Waals surface area (Å²) < 4.78 is 0. The lowest BCUT2D eigenvalue weighted by Crippen LogP contribution is -2.06. The molecule has 0 saturated carbocycles. The molecule has 8 nitrogen and oxygen atoms in total. The van der Waals surface area contributed by atoms with Gasteiger partial charge in [0.15, 0.2) is 0 Å². The minimum atomic E-state index is -0.481. The van der Waals surface area contributed by atoms with Crippen LogP contribution < -0.4 is 10.6 Å². The van der Waals surface area contributed by atoms with Crippen LogP contribution in [0.15, 0.2) is 48.7 Å². The Morgan fingerprint density at radius 1 is 1.15 bits per heavy atom. The second-order valence-corrected chi connectivity index (χ2v) is 5.69. The summed E-state index contributed by atoms with van der Waals surface area (Å²) in [5.41, 5.74) is 1.40. The number of pyridine rings is 1. The fourth-order valence-corrected chi connectivity index (χ4v) is 2.47. The van der Waals surface area contributed by atoms with Crippen LogP contribution in [-0.4, -0.2) is 26.4 Å². The average molecular weight is 371 g/mol. The predicted molar refractivity (Wildman–Crippen MR) is 101 cm³/mol. The maximum atomic E-state index is 11.2. The minimum Gasteiger partial charge on any atom is -0.354 e. The molecule has 2 aromatic heterocycles. The fourth-order valence-electron chi connectivity index (χ4n) is 2.30. The molecule has 0 bridgehead atoms. The Bertz CT molecular complexity index is 936. The van der Waals surface area contributed by atoms with Crippen molar-refractivity contribution in [3.8, 4) is 11.4 Å². The molecule has 0 fully saturated rings. The van der Waals surface area contributed by atoms with E-state index in [4.69, 9.17) is 11.6 Å². The molecule has 26 heavy (non-hydrogen) atoms. The molecule has 0 unspecified atom stereocenters. The molecule has 0 spiro atoms. The first kappa shape index (κ1) is 17.6. The molecule has 0 radical (unpaired) electrons. The number of benzene rings is 1. The SMILES string of the molecule is CCNc1nc(Nc2cc(Cl)ccc2[N+](=O)[O-])cc(-c2ccccn2)n1. The van der Waals surface area contributed by atoms with Crippen LogP contribution >= 0.6 is 11.6 Å². The molecule has 3 aromatic rings.